The smallest absolute Gasteiger partial charge is 0.164 e. The summed E-state index contributed by atoms with van der Waals surface area (Å²) < 4.78 is 4.88. The van der Waals surface area contributed by atoms with Crippen LogP contribution in [0.4, 0.5) is 0 Å². The van der Waals surface area contributed by atoms with Crippen LogP contribution in [0.5, 0.6) is 0 Å². The third-order valence-corrected chi connectivity index (χ3v) is 14.2. The van der Waals surface area contributed by atoms with Gasteiger partial charge in [0.15, 0.2) is 17.5 Å². The van der Waals surface area contributed by atoms with E-state index in [-0.39, 0.29) is 0 Å². The van der Waals surface area contributed by atoms with Crippen LogP contribution in [0.3, 0.4) is 0 Å². The fraction of sp³-hybridized carbons (Fsp3) is 0. The second-order valence-corrected chi connectivity index (χ2v) is 18.2. The van der Waals surface area contributed by atoms with Crippen LogP contribution >= 0.6 is 11.3 Å². The van der Waals surface area contributed by atoms with Crippen LogP contribution in [-0.4, -0.2) is 19.5 Å². The molecule has 0 aliphatic rings. The van der Waals surface area contributed by atoms with Crippen LogP contribution in [0, 0.1) is 0 Å². The summed E-state index contributed by atoms with van der Waals surface area (Å²) >= 11 is 1.85. The zero-order chi connectivity index (χ0) is 45.0. The van der Waals surface area contributed by atoms with E-state index >= 15 is 0 Å². The average Bonchev–Trinajstić information content (AvgIpc) is 3.98. The first-order chi connectivity index (χ1) is 33.7. The lowest BCUT2D eigenvalue weighted by atomic mass is 9.88. The molecule has 0 spiro atoms. The Kier molecular flexibility index (Phi) is 9.66. The molecule has 3 heterocycles. The SMILES string of the molecule is c1ccc(-c2nc(-c3ccccc3)nc(-c3cc(-c4ccc(-c5ccccc5)c(-c5ccccc5)c4)ccc3-c3cccc4sc5ccc6c(c7ccccc7n6-c6ccccc6)c5c34)n2)cc1. The summed E-state index contributed by atoms with van der Waals surface area (Å²) in [6.07, 6.45) is 0. The van der Waals surface area contributed by atoms with Crippen molar-refractivity contribution in [2.75, 3.05) is 0 Å². The summed E-state index contributed by atoms with van der Waals surface area (Å²) in [4.78, 5) is 15.9. The van der Waals surface area contributed by atoms with Crippen LogP contribution in [0.15, 0.2) is 243 Å². The number of nitrogens with zero attached hydrogens (tertiary/aromatic N) is 4. The lowest BCUT2D eigenvalue weighted by Gasteiger charge is -2.17. The Morgan fingerprint density at radius 1 is 0.279 bits per heavy atom. The van der Waals surface area contributed by atoms with Crippen molar-refractivity contribution < 1.29 is 0 Å². The highest BCUT2D eigenvalue weighted by Gasteiger charge is 2.23. The number of fused-ring (bicyclic) bond motifs is 7. The molecule has 318 valence electrons. The lowest BCUT2D eigenvalue weighted by Crippen LogP contribution is -2.01. The molecule has 13 rings (SSSR count). The molecule has 10 aromatic carbocycles. The van der Waals surface area contributed by atoms with Crippen LogP contribution in [-0.2, 0) is 0 Å². The lowest BCUT2D eigenvalue weighted by molar-refractivity contribution is 1.07. The van der Waals surface area contributed by atoms with Gasteiger partial charge in [-0.1, -0.05) is 194 Å². The number of benzene rings is 10. The molecule has 0 saturated heterocycles. The molecular formula is C63H40N4S. The highest BCUT2D eigenvalue weighted by atomic mass is 32.1. The first kappa shape index (κ1) is 39.6. The number of rotatable bonds is 8. The molecule has 13 aromatic rings. The van der Waals surface area contributed by atoms with Gasteiger partial charge in [-0.2, -0.15) is 0 Å². The summed E-state index contributed by atoms with van der Waals surface area (Å²) in [5.74, 6) is 1.86. The maximum absolute atomic E-state index is 5.37. The number of para-hydroxylation sites is 2. The monoisotopic (exact) mass is 884 g/mol. The van der Waals surface area contributed by atoms with E-state index in [1.165, 1.54) is 64.2 Å². The average molecular weight is 885 g/mol. The van der Waals surface area contributed by atoms with E-state index in [0.717, 1.165) is 44.6 Å². The molecule has 4 nitrogen and oxygen atoms in total. The number of aromatic nitrogens is 4. The van der Waals surface area contributed by atoms with Crippen molar-refractivity contribution in [2.45, 2.75) is 0 Å². The van der Waals surface area contributed by atoms with Gasteiger partial charge >= 0.3 is 0 Å². The molecule has 0 saturated carbocycles. The maximum atomic E-state index is 5.37. The fourth-order valence-electron chi connectivity index (χ4n) is 9.97. The quantitative estimate of drug-likeness (QED) is 0.153. The molecular weight excluding hydrogens is 845 g/mol. The standard InChI is InChI=1S/C63H40N4S/c1-6-19-41(20-7-1)48-35-33-45(39-52(48)42-21-8-2-9-22-42)46-34-36-49(53(40-46)63-65-61(43-23-10-3-11-24-43)64-62(66-63)44-25-12-4-13-26-44)50-30-18-32-56-59(50)60-57(68-56)38-37-55-58(60)51-29-16-17-31-54(51)67(55)47-27-14-5-15-28-47/h1-40H. The molecule has 5 heteroatoms. The molecule has 3 aromatic heterocycles. The van der Waals surface area contributed by atoms with Crippen LogP contribution < -0.4 is 0 Å². The zero-order valence-electron chi connectivity index (χ0n) is 36.8. The van der Waals surface area contributed by atoms with Crippen molar-refractivity contribution >= 4 is 53.3 Å². The summed E-state index contributed by atoms with van der Waals surface area (Å²) in [5.41, 5.74) is 15.3. The van der Waals surface area contributed by atoms with Crippen molar-refractivity contribution in [3.8, 4) is 84.4 Å². The molecule has 0 fully saturated rings. The van der Waals surface area contributed by atoms with Gasteiger partial charge in [-0.15, -0.1) is 11.3 Å². The maximum Gasteiger partial charge on any atom is 0.164 e. The summed E-state index contributed by atoms with van der Waals surface area (Å²) in [6.45, 7) is 0. The van der Waals surface area contributed by atoms with E-state index in [4.69, 9.17) is 15.0 Å². The topological polar surface area (TPSA) is 43.6 Å². The van der Waals surface area contributed by atoms with Gasteiger partial charge in [0, 0.05) is 53.3 Å². The Balaban J connectivity index is 1.10. The van der Waals surface area contributed by atoms with E-state index in [1.807, 2.05) is 47.7 Å². The third-order valence-electron chi connectivity index (χ3n) is 13.1. The second kappa shape index (κ2) is 16.6. The Labute approximate surface area is 397 Å². The first-order valence-electron chi connectivity index (χ1n) is 22.9. The molecule has 0 aliphatic heterocycles. The van der Waals surface area contributed by atoms with Crippen LogP contribution in [0.1, 0.15) is 0 Å². The minimum absolute atomic E-state index is 0.612. The van der Waals surface area contributed by atoms with Crippen molar-refractivity contribution in [3.63, 3.8) is 0 Å². The molecule has 0 radical (unpaired) electrons. The van der Waals surface area contributed by atoms with Crippen molar-refractivity contribution in [3.05, 3.63) is 243 Å². The van der Waals surface area contributed by atoms with Gasteiger partial charge in [0.25, 0.3) is 0 Å². The molecule has 0 unspecified atom stereocenters. The zero-order valence-corrected chi connectivity index (χ0v) is 37.6. The molecule has 0 amide bonds. The Bertz CT molecular complexity index is 3940. The van der Waals surface area contributed by atoms with Gasteiger partial charge in [0.1, 0.15) is 0 Å². The summed E-state index contributed by atoms with van der Waals surface area (Å²) in [7, 11) is 0. The number of thiophene rings is 1. The van der Waals surface area contributed by atoms with E-state index in [1.54, 1.807) is 0 Å². The van der Waals surface area contributed by atoms with Gasteiger partial charge in [-0.25, -0.2) is 15.0 Å². The van der Waals surface area contributed by atoms with Crippen molar-refractivity contribution in [1.29, 1.82) is 0 Å². The van der Waals surface area contributed by atoms with Crippen LogP contribution in [0.2, 0.25) is 0 Å². The third kappa shape index (κ3) is 6.79. The van der Waals surface area contributed by atoms with E-state index in [9.17, 15) is 0 Å². The Morgan fingerprint density at radius 2 is 0.794 bits per heavy atom. The Morgan fingerprint density at radius 3 is 1.44 bits per heavy atom. The fourth-order valence-corrected chi connectivity index (χ4v) is 11.1. The first-order valence-corrected chi connectivity index (χ1v) is 23.7. The van der Waals surface area contributed by atoms with Gasteiger partial charge in [0.2, 0.25) is 0 Å². The van der Waals surface area contributed by atoms with E-state index in [0.29, 0.717) is 17.5 Å². The molecule has 0 aliphatic carbocycles. The minimum Gasteiger partial charge on any atom is -0.309 e. The van der Waals surface area contributed by atoms with Crippen molar-refractivity contribution in [1.82, 2.24) is 19.5 Å². The summed E-state index contributed by atoms with van der Waals surface area (Å²) in [6, 6.07) is 86.4. The minimum atomic E-state index is 0.612. The molecule has 0 bridgehead atoms. The largest absolute Gasteiger partial charge is 0.309 e. The van der Waals surface area contributed by atoms with Gasteiger partial charge in [-0.3, -0.25) is 0 Å². The molecule has 68 heavy (non-hydrogen) atoms. The predicted octanol–water partition coefficient (Wildman–Crippen LogP) is 17.0. The molecule has 0 atom stereocenters. The number of hydrogen-bond donors (Lipinski definition) is 0. The second-order valence-electron chi connectivity index (χ2n) is 17.1. The summed E-state index contributed by atoms with van der Waals surface area (Å²) in [5, 5.41) is 4.97. The van der Waals surface area contributed by atoms with Crippen LogP contribution in [0.25, 0.3) is 126 Å². The predicted molar refractivity (Wildman–Crippen MR) is 285 cm³/mol. The number of hydrogen-bond acceptors (Lipinski definition) is 4. The highest BCUT2D eigenvalue weighted by molar-refractivity contribution is 7.26. The molecule has 0 N–H and O–H groups in total. The van der Waals surface area contributed by atoms with E-state index in [2.05, 4.69) is 211 Å². The van der Waals surface area contributed by atoms with Gasteiger partial charge in [0.05, 0.1) is 11.0 Å². The normalized spacial score (nSPS) is 11.5. The van der Waals surface area contributed by atoms with Crippen molar-refractivity contribution in [2.24, 2.45) is 0 Å². The van der Waals surface area contributed by atoms with Gasteiger partial charge < -0.3 is 4.57 Å². The van der Waals surface area contributed by atoms with E-state index < -0.39 is 0 Å². The Hall–Kier alpha value is -8.77. The highest BCUT2D eigenvalue weighted by Crippen LogP contribution is 2.48. The van der Waals surface area contributed by atoms with Gasteiger partial charge in [-0.05, 0) is 93.0 Å².